The molecular weight excluding hydrogens is 436 g/mol. The number of benzene rings is 3. The Hall–Kier alpha value is -4.20. The number of anilines is 2. The average molecular weight is 463 g/mol. The van der Waals surface area contributed by atoms with E-state index in [1.165, 1.54) is 0 Å². The molecule has 0 radical (unpaired) electrons. The van der Waals surface area contributed by atoms with Gasteiger partial charge in [0.1, 0.15) is 29.6 Å². The normalized spacial score (nSPS) is 12.4. The zero-order valence-corrected chi connectivity index (χ0v) is 18.9. The van der Waals surface area contributed by atoms with Crippen LogP contribution in [0.15, 0.2) is 72.8 Å². The minimum atomic E-state index is -0.323. The van der Waals surface area contributed by atoms with Gasteiger partial charge in [0.2, 0.25) is 0 Å². The fourth-order valence-corrected chi connectivity index (χ4v) is 3.44. The average Bonchev–Trinajstić information content (AvgIpc) is 2.86. The summed E-state index contributed by atoms with van der Waals surface area (Å²) in [4.78, 5) is 26.5. The molecule has 1 aliphatic rings. The predicted octanol–water partition coefficient (Wildman–Crippen LogP) is 3.91. The maximum atomic E-state index is 12.5. The standard InChI is InChI=1S/C26H26N2O6/c1-2-31-21-9-11-22(12-10-21)33-17-25(29)27-19-8-13-24-23(16-19)28(26(30)18-34-24)14-15-32-20-6-4-3-5-7-20/h3-13,16H,2,14-15,17-18H2,1H3,(H,27,29). The van der Waals surface area contributed by atoms with Crippen molar-refractivity contribution in [3.63, 3.8) is 0 Å². The summed E-state index contributed by atoms with van der Waals surface area (Å²) < 4.78 is 22.2. The van der Waals surface area contributed by atoms with Crippen LogP contribution in [0.2, 0.25) is 0 Å². The van der Waals surface area contributed by atoms with Gasteiger partial charge in [-0.1, -0.05) is 18.2 Å². The zero-order valence-electron chi connectivity index (χ0n) is 18.9. The van der Waals surface area contributed by atoms with Gasteiger partial charge in [-0.25, -0.2) is 0 Å². The summed E-state index contributed by atoms with van der Waals surface area (Å²) >= 11 is 0. The number of amides is 2. The number of nitrogens with zero attached hydrogens (tertiary/aromatic N) is 1. The molecule has 0 aromatic heterocycles. The van der Waals surface area contributed by atoms with Crippen LogP contribution in [0.25, 0.3) is 0 Å². The molecule has 0 aliphatic carbocycles. The lowest BCUT2D eigenvalue weighted by Crippen LogP contribution is -2.41. The molecule has 8 nitrogen and oxygen atoms in total. The number of ether oxygens (including phenoxy) is 4. The van der Waals surface area contributed by atoms with Gasteiger partial charge in [0.05, 0.1) is 18.8 Å². The largest absolute Gasteiger partial charge is 0.494 e. The molecule has 34 heavy (non-hydrogen) atoms. The highest BCUT2D eigenvalue weighted by molar-refractivity contribution is 5.99. The molecule has 8 heteroatoms. The highest BCUT2D eigenvalue weighted by Gasteiger charge is 2.26. The molecule has 176 valence electrons. The van der Waals surface area contributed by atoms with E-state index in [0.29, 0.717) is 42.6 Å². The maximum absolute atomic E-state index is 12.5. The van der Waals surface area contributed by atoms with Crippen LogP contribution in [-0.2, 0) is 9.59 Å². The first kappa shape index (κ1) is 23.0. The van der Waals surface area contributed by atoms with Gasteiger partial charge in [0.25, 0.3) is 11.8 Å². The lowest BCUT2D eigenvalue weighted by Gasteiger charge is -2.29. The van der Waals surface area contributed by atoms with E-state index in [-0.39, 0.29) is 25.0 Å². The number of hydrogen-bond acceptors (Lipinski definition) is 6. The Labute approximate surface area is 198 Å². The maximum Gasteiger partial charge on any atom is 0.265 e. The third kappa shape index (κ3) is 5.98. The molecule has 0 fully saturated rings. The summed E-state index contributed by atoms with van der Waals surface area (Å²) in [5.74, 6) is 2.11. The highest BCUT2D eigenvalue weighted by Crippen LogP contribution is 2.34. The first-order valence-corrected chi connectivity index (χ1v) is 11.0. The van der Waals surface area contributed by atoms with Crippen LogP contribution in [0.3, 0.4) is 0 Å². The van der Waals surface area contributed by atoms with Gasteiger partial charge >= 0.3 is 0 Å². The van der Waals surface area contributed by atoms with Crippen molar-refractivity contribution in [3.8, 4) is 23.0 Å². The van der Waals surface area contributed by atoms with E-state index in [4.69, 9.17) is 18.9 Å². The third-order valence-electron chi connectivity index (χ3n) is 5.02. The van der Waals surface area contributed by atoms with E-state index in [0.717, 1.165) is 11.5 Å². The van der Waals surface area contributed by atoms with E-state index in [1.807, 2.05) is 37.3 Å². The molecule has 3 aromatic carbocycles. The summed E-state index contributed by atoms with van der Waals surface area (Å²) in [6.45, 7) is 2.96. The van der Waals surface area contributed by atoms with Crippen molar-refractivity contribution < 1.29 is 28.5 Å². The van der Waals surface area contributed by atoms with Crippen LogP contribution in [0.1, 0.15) is 6.92 Å². The fraction of sp³-hybridized carbons (Fsp3) is 0.231. The minimum Gasteiger partial charge on any atom is -0.494 e. The Bertz CT molecular complexity index is 1120. The van der Waals surface area contributed by atoms with Crippen LogP contribution in [-0.4, -0.2) is 44.8 Å². The molecule has 0 saturated carbocycles. The van der Waals surface area contributed by atoms with Crippen molar-refractivity contribution >= 4 is 23.2 Å². The highest BCUT2D eigenvalue weighted by atomic mass is 16.5. The molecule has 0 spiro atoms. The number of rotatable bonds is 10. The van der Waals surface area contributed by atoms with E-state index in [9.17, 15) is 9.59 Å². The minimum absolute atomic E-state index is 0.0417. The lowest BCUT2D eigenvalue weighted by molar-refractivity contribution is -0.121. The van der Waals surface area contributed by atoms with Gasteiger partial charge in [0.15, 0.2) is 13.2 Å². The number of carbonyl (C=O) groups excluding carboxylic acids is 2. The zero-order chi connectivity index (χ0) is 23.8. The Balaban J connectivity index is 1.35. The van der Waals surface area contributed by atoms with Crippen molar-refractivity contribution in [2.24, 2.45) is 0 Å². The number of para-hydroxylation sites is 1. The Kier molecular flexibility index (Phi) is 7.49. The molecular formula is C26H26N2O6. The van der Waals surface area contributed by atoms with Crippen molar-refractivity contribution in [1.82, 2.24) is 0 Å². The third-order valence-corrected chi connectivity index (χ3v) is 5.02. The van der Waals surface area contributed by atoms with E-state index in [2.05, 4.69) is 5.32 Å². The Morgan fingerprint density at radius 1 is 0.941 bits per heavy atom. The van der Waals surface area contributed by atoms with Crippen LogP contribution in [0.5, 0.6) is 23.0 Å². The van der Waals surface area contributed by atoms with Gasteiger partial charge in [0, 0.05) is 5.69 Å². The second kappa shape index (κ2) is 11.1. The monoisotopic (exact) mass is 462 g/mol. The molecule has 0 unspecified atom stereocenters. The van der Waals surface area contributed by atoms with Crippen LogP contribution >= 0.6 is 0 Å². The van der Waals surface area contributed by atoms with Crippen LogP contribution in [0.4, 0.5) is 11.4 Å². The predicted molar refractivity (Wildman–Crippen MR) is 128 cm³/mol. The number of nitrogens with one attached hydrogen (secondary N) is 1. The van der Waals surface area contributed by atoms with Crippen LogP contribution in [0, 0.1) is 0 Å². The smallest absolute Gasteiger partial charge is 0.265 e. The second-order valence-electron chi connectivity index (χ2n) is 7.42. The quantitative estimate of drug-likeness (QED) is 0.492. The molecule has 0 atom stereocenters. The van der Waals surface area contributed by atoms with E-state index >= 15 is 0 Å². The fourth-order valence-electron chi connectivity index (χ4n) is 3.44. The van der Waals surface area contributed by atoms with Gasteiger partial charge in [-0.2, -0.15) is 0 Å². The summed E-state index contributed by atoms with van der Waals surface area (Å²) in [6.07, 6.45) is 0. The molecule has 2 amide bonds. The Morgan fingerprint density at radius 3 is 2.38 bits per heavy atom. The molecule has 1 aliphatic heterocycles. The second-order valence-corrected chi connectivity index (χ2v) is 7.42. The van der Waals surface area contributed by atoms with Crippen molar-refractivity contribution in [3.05, 3.63) is 72.8 Å². The van der Waals surface area contributed by atoms with Crippen molar-refractivity contribution in [1.29, 1.82) is 0 Å². The molecule has 0 bridgehead atoms. The lowest BCUT2D eigenvalue weighted by atomic mass is 10.2. The van der Waals surface area contributed by atoms with Gasteiger partial charge < -0.3 is 29.2 Å². The number of hydrogen-bond donors (Lipinski definition) is 1. The summed E-state index contributed by atoms with van der Waals surface area (Å²) in [6, 6.07) is 21.6. The van der Waals surface area contributed by atoms with Crippen molar-refractivity contribution in [2.75, 3.05) is 43.2 Å². The Morgan fingerprint density at radius 2 is 1.65 bits per heavy atom. The SMILES string of the molecule is CCOc1ccc(OCC(=O)Nc2ccc3c(c2)N(CCOc2ccccc2)C(=O)CO3)cc1. The molecule has 4 rings (SSSR count). The molecule has 0 saturated heterocycles. The molecule has 3 aromatic rings. The van der Waals surface area contributed by atoms with E-state index < -0.39 is 0 Å². The van der Waals surface area contributed by atoms with Gasteiger partial charge in [-0.05, 0) is 61.5 Å². The first-order valence-electron chi connectivity index (χ1n) is 11.0. The summed E-state index contributed by atoms with van der Waals surface area (Å²) in [5.41, 5.74) is 1.12. The van der Waals surface area contributed by atoms with E-state index in [1.54, 1.807) is 47.4 Å². The molecule has 1 N–H and O–H groups in total. The van der Waals surface area contributed by atoms with Gasteiger partial charge in [-0.3, -0.25) is 9.59 Å². The first-order chi connectivity index (χ1) is 16.6. The van der Waals surface area contributed by atoms with Crippen LogP contribution < -0.4 is 29.2 Å². The molecule has 1 heterocycles. The number of carbonyl (C=O) groups is 2. The summed E-state index contributed by atoms with van der Waals surface area (Å²) in [5, 5.41) is 2.80. The summed E-state index contributed by atoms with van der Waals surface area (Å²) in [7, 11) is 0. The topological polar surface area (TPSA) is 86.3 Å². The van der Waals surface area contributed by atoms with Gasteiger partial charge in [-0.15, -0.1) is 0 Å². The van der Waals surface area contributed by atoms with Crippen molar-refractivity contribution in [2.45, 2.75) is 6.92 Å². The number of fused-ring (bicyclic) bond motifs is 1.